The molecule has 0 aromatic heterocycles. The summed E-state index contributed by atoms with van der Waals surface area (Å²) in [4.78, 5) is 2.21. The number of nitrogens with one attached hydrogen (secondary N) is 1. The average molecular weight is 218 g/mol. The molecule has 0 heterocycles. The molecule has 0 aliphatic carbocycles. The maximum Gasteiger partial charge on any atom is 0.0791 e. The van der Waals surface area contributed by atoms with E-state index in [1.165, 1.54) is 0 Å². The Morgan fingerprint density at radius 3 is 2.60 bits per heavy atom. The van der Waals surface area contributed by atoms with Gasteiger partial charge in [0.1, 0.15) is 0 Å². The number of aliphatic hydroxyl groups is 1. The van der Waals surface area contributed by atoms with Crippen LogP contribution in [0.3, 0.4) is 0 Å². The number of ether oxygens (including phenoxy) is 1. The minimum absolute atomic E-state index is 0.286. The molecule has 1 atom stereocenters. The molecule has 0 spiro atoms. The van der Waals surface area contributed by atoms with Crippen molar-refractivity contribution in [2.45, 2.75) is 26.9 Å². The number of aliphatic hydroxyl groups excluding tert-OH is 1. The van der Waals surface area contributed by atoms with Crippen LogP contribution in [0.25, 0.3) is 0 Å². The monoisotopic (exact) mass is 218 g/mol. The summed E-state index contributed by atoms with van der Waals surface area (Å²) in [6.07, 6.45) is -0.286. The first-order valence-electron chi connectivity index (χ1n) is 5.93. The summed E-state index contributed by atoms with van der Waals surface area (Å²) in [5, 5.41) is 12.8. The smallest absolute Gasteiger partial charge is 0.0791 e. The molecule has 0 radical (unpaired) electrons. The third-order valence-corrected chi connectivity index (χ3v) is 2.30. The van der Waals surface area contributed by atoms with E-state index in [9.17, 15) is 5.11 Å². The van der Waals surface area contributed by atoms with Gasteiger partial charge >= 0.3 is 0 Å². The van der Waals surface area contributed by atoms with Gasteiger partial charge in [0.15, 0.2) is 0 Å². The van der Waals surface area contributed by atoms with Crippen molar-refractivity contribution in [3.8, 4) is 0 Å². The van der Waals surface area contributed by atoms with Crippen molar-refractivity contribution in [1.82, 2.24) is 10.2 Å². The van der Waals surface area contributed by atoms with Gasteiger partial charge in [0, 0.05) is 26.2 Å². The zero-order valence-electron chi connectivity index (χ0n) is 10.3. The molecule has 2 N–H and O–H groups in total. The maximum atomic E-state index is 9.69. The lowest BCUT2D eigenvalue weighted by atomic mass is 10.3. The normalized spacial score (nSPS) is 13.4. The number of rotatable bonds is 10. The van der Waals surface area contributed by atoms with Crippen LogP contribution in [0.15, 0.2) is 0 Å². The van der Waals surface area contributed by atoms with Gasteiger partial charge in [-0.15, -0.1) is 0 Å². The molecule has 0 saturated heterocycles. The highest BCUT2D eigenvalue weighted by Gasteiger charge is 2.09. The molecule has 0 aliphatic rings. The highest BCUT2D eigenvalue weighted by Crippen LogP contribution is 1.92. The first-order valence-corrected chi connectivity index (χ1v) is 5.93. The molecule has 92 valence electrons. The van der Waals surface area contributed by atoms with Crippen molar-refractivity contribution in [1.29, 1.82) is 0 Å². The topological polar surface area (TPSA) is 44.7 Å². The fourth-order valence-electron chi connectivity index (χ4n) is 1.39. The molecule has 0 bridgehead atoms. The van der Waals surface area contributed by atoms with Crippen LogP contribution in [-0.2, 0) is 4.74 Å². The Bertz CT molecular complexity index is 134. The van der Waals surface area contributed by atoms with Gasteiger partial charge < -0.3 is 15.2 Å². The summed E-state index contributed by atoms with van der Waals surface area (Å²) in [5.74, 6) is 0. The SMILES string of the molecule is CCNCC(O)CN(CC)CCOCC. The lowest BCUT2D eigenvalue weighted by Gasteiger charge is -2.23. The molecule has 1 unspecified atom stereocenters. The molecular formula is C11H26N2O2. The van der Waals surface area contributed by atoms with Crippen LogP contribution in [0, 0.1) is 0 Å². The second kappa shape index (κ2) is 10.4. The van der Waals surface area contributed by atoms with E-state index in [1.54, 1.807) is 0 Å². The van der Waals surface area contributed by atoms with Gasteiger partial charge in [-0.3, -0.25) is 4.90 Å². The van der Waals surface area contributed by atoms with Crippen LogP contribution in [0.1, 0.15) is 20.8 Å². The summed E-state index contributed by atoms with van der Waals surface area (Å²) >= 11 is 0. The quantitative estimate of drug-likeness (QED) is 0.518. The number of hydrogen-bond acceptors (Lipinski definition) is 4. The fraction of sp³-hybridized carbons (Fsp3) is 1.00. The summed E-state index contributed by atoms with van der Waals surface area (Å²) < 4.78 is 5.29. The van der Waals surface area contributed by atoms with Gasteiger partial charge in [-0.1, -0.05) is 13.8 Å². The summed E-state index contributed by atoms with van der Waals surface area (Å²) in [6, 6.07) is 0. The lowest BCUT2D eigenvalue weighted by molar-refractivity contribution is 0.0792. The standard InChI is InChI=1S/C11H26N2O2/c1-4-12-9-11(14)10-13(5-2)7-8-15-6-3/h11-12,14H,4-10H2,1-3H3. The molecule has 15 heavy (non-hydrogen) atoms. The summed E-state index contributed by atoms with van der Waals surface area (Å²) in [7, 11) is 0. The molecule has 0 rings (SSSR count). The third kappa shape index (κ3) is 8.81. The molecule has 0 amide bonds. The van der Waals surface area contributed by atoms with E-state index in [0.29, 0.717) is 6.54 Å². The minimum atomic E-state index is -0.286. The Balaban J connectivity index is 3.57. The van der Waals surface area contributed by atoms with Crippen LogP contribution in [0.5, 0.6) is 0 Å². The van der Waals surface area contributed by atoms with Crippen molar-refractivity contribution >= 4 is 0 Å². The molecule has 4 heteroatoms. The second-order valence-electron chi connectivity index (χ2n) is 3.55. The van der Waals surface area contributed by atoms with Crippen LogP contribution < -0.4 is 5.32 Å². The Labute approximate surface area is 93.6 Å². The van der Waals surface area contributed by atoms with E-state index < -0.39 is 0 Å². The Morgan fingerprint density at radius 1 is 1.33 bits per heavy atom. The average Bonchev–Trinajstić information content (AvgIpc) is 2.25. The van der Waals surface area contributed by atoms with Crippen molar-refractivity contribution in [2.24, 2.45) is 0 Å². The molecule has 0 fully saturated rings. The number of nitrogens with zero attached hydrogens (tertiary/aromatic N) is 1. The van der Waals surface area contributed by atoms with Crippen LogP contribution in [0.2, 0.25) is 0 Å². The van der Waals surface area contributed by atoms with E-state index in [-0.39, 0.29) is 6.10 Å². The van der Waals surface area contributed by atoms with Crippen LogP contribution in [0.4, 0.5) is 0 Å². The van der Waals surface area contributed by atoms with Gasteiger partial charge in [-0.2, -0.15) is 0 Å². The zero-order valence-corrected chi connectivity index (χ0v) is 10.3. The Morgan fingerprint density at radius 2 is 2.07 bits per heavy atom. The van der Waals surface area contributed by atoms with E-state index >= 15 is 0 Å². The zero-order chi connectivity index (χ0) is 11.5. The predicted octanol–water partition coefficient (Wildman–Crippen LogP) is 0.315. The molecule has 0 aliphatic heterocycles. The van der Waals surface area contributed by atoms with Gasteiger partial charge in [-0.25, -0.2) is 0 Å². The molecule has 4 nitrogen and oxygen atoms in total. The van der Waals surface area contributed by atoms with Gasteiger partial charge in [0.05, 0.1) is 12.7 Å². The van der Waals surface area contributed by atoms with E-state index in [0.717, 1.165) is 39.4 Å². The molecular weight excluding hydrogens is 192 g/mol. The summed E-state index contributed by atoms with van der Waals surface area (Å²) in [5.41, 5.74) is 0. The largest absolute Gasteiger partial charge is 0.390 e. The van der Waals surface area contributed by atoms with E-state index in [2.05, 4.69) is 17.1 Å². The van der Waals surface area contributed by atoms with Crippen molar-refractivity contribution in [2.75, 3.05) is 45.9 Å². The third-order valence-electron chi connectivity index (χ3n) is 2.30. The van der Waals surface area contributed by atoms with Crippen molar-refractivity contribution in [3.63, 3.8) is 0 Å². The van der Waals surface area contributed by atoms with Crippen LogP contribution in [-0.4, -0.2) is 62.0 Å². The minimum Gasteiger partial charge on any atom is -0.390 e. The number of likely N-dealkylation sites (N-methyl/N-ethyl adjacent to an activating group) is 2. The highest BCUT2D eigenvalue weighted by atomic mass is 16.5. The van der Waals surface area contributed by atoms with E-state index in [1.807, 2.05) is 13.8 Å². The highest BCUT2D eigenvalue weighted by molar-refractivity contribution is 4.65. The Hall–Kier alpha value is -0.160. The van der Waals surface area contributed by atoms with Gasteiger partial charge in [-0.05, 0) is 20.0 Å². The van der Waals surface area contributed by atoms with Gasteiger partial charge in [0.2, 0.25) is 0 Å². The lowest BCUT2D eigenvalue weighted by Crippen LogP contribution is -2.39. The fourth-order valence-corrected chi connectivity index (χ4v) is 1.39. The maximum absolute atomic E-state index is 9.69. The number of hydrogen-bond donors (Lipinski definition) is 2. The first-order chi connectivity index (χ1) is 7.24. The van der Waals surface area contributed by atoms with Gasteiger partial charge in [0.25, 0.3) is 0 Å². The van der Waals surface area contributed by atoms with E-state index in [4.69, 9.17) is 4.74 Å². The van der Waals surface area contributed by atoms with Crippen molar-refractivity contribution in [3.05, 3.63) is 0 Å². The molecule has 0 aromatic carbocycles. The Kier molecular flexibility index (Phi) is 10.3. The summed E-state index contributed by atoms with van der Waals surface area (Å²) in [6.45, 7) is 11.8. The first kappa shape index (κ1) is 14.8. The molecule has 0 saturated carbocycles. The second-order valence-corrected chi connectivity index (χ2v) is 3.55. The predicted molar refractivity (Wildman–Crippen MR) is 63.2 cm³/mol. The van der Waals surface area contributed by atoms with Crippen molar-refractivity contribution < 1.29 is 9.84 Å². The molecule has 0 aromatic rings. The van der Waals surface area contributed by atoms with Crippen LogP contribution >= 0.6 is 0 Å².